The average molecular weight is 416 g/mol. The third-order valence-corrected chi connectivity index (χ3v) is 6.08. The summed E-state index contributed by atoms with van der Waals surface area (Å²) in [5.41, 5.74) is 0. The monoisotopic (exact) mass is 415 g/mol. The standard InChI is InChI=1S/C18H21N7OS2/c1-12(25-16(22-23-18(25)27)14-4-3-11-28-14)17(26)24-9-6-13(7-10-24)20-15-5-2-8-19-21-15/h2-5,8,11-13H,6-7,9-10H2,1H3,(H,20,21)(H,23,27). The van der Waals surface area contributed by atoms with Crippen molar-refractivity contribution in [2.24, 2.45) is 0 Å². The molecule has 0 radical (unpaired) electrons. The molecule has 4 heterocycles. The summed E-state index contributed by atoms with van der Waals surface area (Å²) in [6.07, 6.45) is 3.38. The van der Waals surface area contributed by atoms with Crippen LogP contribution in [-0.2, 0) is 4.79 Å². The van der Waals surface area contributed by atoms with Crippen molar-refractivity contribution in [1.82, 2.24) is 29.9 Å². The van der Waals surface area contributed by atoms with Gasteiger partial charge in [-0.05, 0) is 55.6 Å². The van der Waals surface area contributed by atoms with Gasteiger partial charge in [-0.1, -0.05) is 6.07 Å². The minimum Gasteiger partial charge on any atom is -0.366 e. The van der Waals surface area contributed by atoms with E-state index in [-0.39, 0.29) is 11.9 Å². The van der Waals surface area contributed by atoms with E-state index in [2.05, 4.69) is 25.7 Å². The lowest BCUT2D eigenvalue weighted by molar-refractivity contribution is -0.135. The van der Waals surface area contributed by atoms with Crippen molar-refractivity contribution in [3.8, 4) is 10.7 Å². The zero-order chi connectivity index (χ0) is 19.5. The number of piperidine rings is 1. The molecule has 8 nitrogen and oxygen atoms in total. The lowest BCUT2D eigenvalue weighted by Gasteiger charge is -2.34. The Labute approximate surface area is 171 Å². The van der Waals surface area contributed by atoms with E-state index in [0.717, 1.165) is 23.5 Å². The Morgan fingerprint density at radius 2 is 2.18 bits per heavy atom. The van der Waals surface area contributed by atoms with Crippen LogP contribution in [0, 0.1) is 4.77 Å². The van der Waals surface area contributed by atoms with Gasteiger partial charge in [-0.3, -0.25) is 14.5 Å². The van der Waals surface area contributed by atoms with Gasteiger partial charge in [0.05, 0.1) is 4.88 Å². The van der Waals surface area contributed by atoms with E-state index in [4.69, 9.17) is 12.2 Å². The highest BCUT2D eigenvalue weighted by atomic mass is 32.1. The quantitative estimate of drug-likeness (QED) is 0.622. The van der Waals surface area contributed by atoms with Gasteiger partial charge in [-0.15, -0.1) is 16.4 Å². The molecule has 3 aromatic heterocycles. The fourth-order valence-electron chi connectivity index (χ4n) is 3.45. The Morgan fingerprint density at radius 1 is 1.36 bits per heavy atom. The van der Waals surface area contributed by atoms with E-state index >= 15 is 0 Å². The van der Waals surface area contributed by atoms with E-state index in [9.17, 15) is 4.79 Å². The van der Waals surface area contributed by atoms with Crippen molar-refractivity contribution in [3.63, 3.8) is 0 Å². The maximum atomic E-state index is 13.1. The molecule has 3 aromatic rings. The average Bonchev–Trinajstić information content (AvgIpc) is 3.38. The van der Waals surface area contributed by atoms with E-state index in [0.29, 0.717) is 23.7 Å². The largest absolute Gasteiger partial charge is 0.366 e. The number of H-pyrrole nitrogens is 1. The summed E-state index contributed by atoms with van der Waals surface area (Å²) in [6.45, 7) is 3.27. The molecule has 28 heavy (non-hydrogen) atoms. The first-order chi connectivity index (χ1) is 13.6. The number of hydrogen-bond donors (Lipinski definition) is 2. The lowest BCUT2D eigenvalue weighted by Crippen LogP contribution is -2.45. The second-order valence-corrected chi connectivity index (χ2v) is 8.06. The number of carbonyl (C=O) groups is 1. The van der Waals surface area contributed by atoms with Gasteiger partial charge in [0.15, 0.2) is 10.6 Å². The number of aromatic amines is 1. The van der Waals surface area contributed by atoms with Crippen LogP contribution in [0.15, 0.2) is 35.8 Å². The van der Waals surface area contributed by atoms with E-state index < -0.39 is 6.04 Å². The highest BCUT2D eigenvalue weighted by Crippen LogP contribution is 2.27. The van der Waals surface area contributed by atoms with Crippen molar-refractivity contribution >= 4 is 35.3 Å². The molecule has 0 bridgehead atoms. The van der Waals surface area contributed by atoms with E-state index in [1.807, 2.05) is 46.0 Å². The van der Waals surface area contributed by atoms with Crippen LogP contribution in [0.1, 0.15) is 25.8 Å². The Balaban J connectivity index is 1.42. The Bertz CT molecular complexity index is 975. The summed E-state index contributed by atoms with van der Waals surface area (Å²) >= 11 is 6.97. The summed E-state index contributed by atoms with van der Waals surface area (Å²) in [5.74, 6) is 1.54. The van der Waals surface area contributed by atoms with Crippen molar-refractivity contribution in [1.29, 1.82) is 0 Å². The highest BCUT2D eigenvalue weighted by molar-refractivity contribution is 7.71. The molecule has 1 aliphatic rings. The SMILES string of the molecule is CC(C(=O)N1CCC(Nc2cccnn2)CC1)n1c(-c2cccs2)n[nH]c1=S. The van der Waals surface area contributed by atoms with Crippen molar-refractivity contribution in [2.45, 2.75) is 31.8 Å². The molecule has 4 rings (SSSR count). The molecule has 1 saturated heterocycles. The normalized spacial score (nSPS) is 16.1. The van der Waals surface area contributed by atoms with E-state index in [1.54, 1.807) is 17.5 Å². The number of nitrogens with one attached hydrogen (secondary N) is 2. The van der Waals surface area contributed by atoms with Gasteiger partial charge in [-0.25, -0.2) is 0 Å². The van der Waals surface area contributed by atoms with Crippen LogP contribution in [0.25, 0.3) is 10.7 Å². The maximum Gasteiger partial charge on any atom is 0.245 e. The number of nitrogens with zero attached hydrogens (tertiary/aromatic N) is 5. The number of rotatable bonds is 5. The van der Waals surface area contributed by atoms with Crippen LogP contribution >= 0.6 is 23.6 Å². The Hall–Kier alpha value is -2.59. The van der Waals surface area contributed by atoms with Gasteiger partial charge in [-0.2, -0.15) is 10.2 Å². The lowest BCUT2D eigenvalue weighted by atomic mass is 10.0. The topological polar surface area (TPSA) is 91.7 Å². The molecule has 0 aliphatic carbocycles. The molecule has 0 aromatic carbocycles. The van der Waals surface area contributed by atoms with Gasteiger partial charge < -0.3 is 10.2 Å². The first-order valence-electron chi connectivity index (χ1n) is 9.17. The van der Waals surface area contributed by atoms with Crippen molar-refractivity contribution < 1.29 is 4.79 Å². The van der Waals surface area contributed by atoms with Crippen LogP contribution in [0.5, 0.6) is 0 Å². The second-order valence-electron chi connectivity index (χ2n) is 6.73. The first-order valence-corrected chi connectivity index (χ1v) is 10.5. The first kappa shape index (κ1) is 18.8. The van der Waals surface area contributed by atoms with Gasteiger partial charge >= 0.3 is 0 Å². The third kappa shape index (κ3) is 3.83. The smallest absolute Gasteiger partial charge is 0.245 e. The van der Waals surface area contributed by atoms with Gasteiger partial charge in [0.2, 0.25) is 5.91 Å². The fourth-order valence-corrected chi connectivity index (χ4v) is 4.45. The van der Waals surface area contributed by atoms with Crippen LogP contribution in [0.2, 0.25) is 0 Å². The molecule has 1 aliphatic heterocycles. The summed E-state index contributed by atoms with van der Waals surface area (Å²) in [6, 6.07) is 7.58. The predicted octanol–water partition coefficient (Wildman–Crippen LogP) is 3.12. The number of hydrogen-bond acceptors (Lipinski definition) is 7. The number of amides is 1. The second kappa shape index (κ2) is 8.19. The number of likely N-dealkylation sites (tertiary alicyclic amines) is 1. The Kier molecular flexibility index (Phi) is 5.49. The van der Waals surface area contributed by atoms with Crippen LogP contribution in [0.3, 0.4) is 0 Å². The number of aromatic nitrogens is 5. The minimum absolute atomic E-state index is 0.0632. The minimum atomic E-state index is -0.409. The molecule has 146 valence electrons. The molecular formula is C18H21N7OS2. The summed E-state index contributed by atoms with van der Waals surface area (Å²) in [7, 11) is 0. The molecule has 0 spiro atoms. The molecule has 0 saturated carbocycles. The fraction of sp³-hybridized carbons (Fsp3) is 0.389. The Morgan fingerprint density at radius 3 is 2.86 bits per heavy atom. The highest BCUT2D eigenvalue weighted by Gasteiger charge is 2.29. The molecule has 1 fully saturated rings. The molecule has 1 atom stereocenters. The summed E-state index contributed by atoms with van der Waals surface area (Å²) in [5, 5.41) is 20.5. The van der Waals surface area contributed by atoms with Crippen LogP contribution in [0.4, 0.5) is 5.82 Å². The molecular weight excluding hydrogens is 394 g/mol. The van der Waals surface area contributed by atoms with E-state index in [1.165, 1.54) is 0 Å². The van der Waals surface area contributed by atoms with Crippen molar-refractivity contribution in [2.75, 3.05) is 18.4 Å². The summed E-state index contributed by atoms with van der Waals surface area (Å²) < 4.78 is 2.27. The third-order valence-electron chi connectivity index (χ3n) is 4.92. The van der Waals surface area contributed by atoms with Crippen LogP contribution in [-0.4, -0.2) is 54.9 Å². The molecule has 2 N–H and O–H groups in total. The number of anilines is 1. The zero-order valence-corrected chi connectivity index (χ0v) is 17.0. The number of carbonyl (C=O) groups excluding carboxylic acids is 1. The molecule has 1 amide bonds. The zero-order valence-electron chi connectivity index (χ0n) is 15.4. The van der Waals surface area contributed by atoms with Crippen LogP contribution < -0.4 is 5.32 Å². The van der Waals surface area contributed by atoms with Gasteiger partial charge in [0.25, 0.3) is 0 Å². The molecule has 1 unspecified atom stereocenters. The van der Waals surface area contributed by atoms with Gasteiger partial charge in [0, 0.05) is 25.3 Å². The predicted molar refractivity (Wildman–Crippen MR) is 111 cm³/mol. The number of thiophene rings is 1. The maximum absolute atomic E-state index is 13.1. The summed E-state index contributed by atoms with van der Waals surface area (Å²) in [4.78, 5) is 16.0. The van der Waals surface area contributed by atoms with Crippen molar-refractivity contribution in [3.05, 3.63) is 40.6 Å². The van der Waals surface area contributed by atoms with Gasteiger partial charge in [0.1, 0.15) is 11.9 Å². The molecule has 10 heteroatoms.